The smallest absolute Gasteiger partial charge is 0.133 e. The number of rotatable bonds is 1. The normalized spacial score (nSPS) is 11.8. The number of aryl methyl sites for hydroxylation is 1. The Balaban J connectivity index is 2.67. The van der Waals surface area contributed by atoms with Gasteiger partial charge in [0.05, 0.1) is 5.69 Å². The second-order valence-corrected chi connectivity index (χ2v) is 7.09. The molecule has 0 aliphatic heterocycles. The van der Waals surface area contributed by atoms with Crippen molar-refractivity contribution in [1.29, 1.82) is 0 Å². The van der Waals surface area contributed by atoms with Crippen LogP contribution in [0.1, 0.15) is 37.0 Å². The minimum absolute atomic E-state index is 0.0267. The van der Waals surface area contributed by atoms with Gasteiger partial charge in [-0.2, -0.15) is 0 Å². The van der Waals surface area contributed by atoms with Gasteiger partial charge in [0.25, 0.3) is 0 Å². The molecule has 0 amide bonds. The lowest BCUT2D eigenvalue weighted by Gasteiger charge is -2.19. The quantitative estimate of drug-likeness (QED) is 0.760. The molecular weight excluding hydrogens is 260 g/mol. The van der Waals surface area contributed by atoms with Gasteiger partial charge in [-0.1, -0.05) is 33.0 Å². The minimum atomic E-state index is -0.0267. The zero-order valence-electron chi connectivity index (χ0n) is 11.4. The first-order valence-electron chi connectivity index (χ1n) is 5.96. The maximum absolute atomic E-state index is 5.38. The van der Waals surface area contributed by atoms with Gasteiger partial charge >= 0.3 is 0 Å². The minimum Gasteiger partial charge on any atom is -0.342 e. The van der Waals surface area contributed by atoms with Crippen LogP contribution in [-0.2, 0) is 5.41 Å². The van der Waals surface area contributed by atoms with Gasteiger partial charge in [0.15, 0.2) is 0 Å². The van der Waals surface area contributed by atoms with E-state index in [4.69, 9.17) is 12.2 Å². The lowest BCUT2D eigenvalue weighted by atomic mass is 9.95. The van der Waals surface area contributed by atoms with E-state index >= 15 is 0 Å². The molecule has 18 heavy (non-hydrogen) atoms. The Morgan fingerprint density at radius 2 is 1.94 bits per heavy atom. The fourth-order valence-corrected chi connectivity index (χ4v) is 2.64. The molecule has 0 fully saturated rings. The van der Waals surface area contributed by atoms with E-state index in [0.29, 0.717) is 4.64 Å². The Kier molecular flexibility index (Phi) is 3.43. The summed E-state index contributed by atoms with van der Waals surface area (Å²) in [5, 5.41) is 2.16. The highest BCUT2D eigenvalue weighted by molar-refractivity contribution is 7.71. The van der Waals surface area contributed by atoms with Gasteiger partial charge in [0.1, 0.15) is 10.5 Å². The van der Waals surface area contributed by atoms with E-state index in [9.17, 15) is 0 Å². The number of aromatic nitrogens is 2. The monoisotopic (exact) mass is 278 g/mol. The summed E-state index contributed by atoms with van der Waals surface area (Å²) in [5.74, 6) is 0.942. The standard InChI is InChI=1S/C14H18N2S2/c1-8-6-10(7-18-8)11-9(2)12(17)16-13(15-11)14(3,4)5/h6-7H,1-5H3,(H,15,16,17). The van der Waals surface area contributed by atoms with E-state index in [-0.39, 0.29) is 5.41 Å². The Labute approximate surface area is 117 Å². The fourth-order valence-electron chi connectivity index (χ4n) is 1.75. The molecule has 96 valence electrons. The van der Waals surface area contributed by atoms with Crippen molar-refractivity contribution in [2.45, 2.75) is 40.0 Å². The molecule has 0 unspecified atom stereocenters. The molecule has 0 atom stereocenters. The van der Waals surface area contributed by atoms with Crippen molar-refractivity contribution < 1.29 is 0 Å². The largest absolute Gasteiger partial charge is 0.342 e. The Morgan fingerprint density at radius 3 is 2.44 bits per heavy atom. The third-order valence-electron chi connectivity index (χ3n) is 2.88. The number of thiophene rings is 1. The van der Waals surface area contributed by atoms with Crippen LogP contribution >= 0.6 is 23.6 Å². The van der Waals surface area contributed by atoms with Crippen LogP contribution in [0.4, 0.5) is 0 Å². The molecule has 0 bridgehead atoms. The van der Waals surface area contributed by atoms with Gasteiger partial charge in [0.2, 0.25) is 0 Å². The fraction of sp³-hybridized carbons (Fsp3) is 0.429. The summed E-state index contributed by atoms with van der Waals surface area (Å²) in [6.45, 7) is 10.6. The molecule has 2 aromatic rings. The number of hydrogen-bond acceptors (Lipinski definition) is 3. The van der Waals surface area contributed by atoms with Gasteiger partial charge in [-0.3, -0.25) is 0 Å². The Hall–Kier alpha value is -1.00. The first-order valence-corrected chi connectivity index (χ1v) is 7.25. The Bertz CT molecular complexity index is 630. The number of nitrogens with one attached hydrogen (secondary N) is 1. The highest BCUT2D eigenvalue weighted by Gasteiger charge is 2.18. The first-order chi connectivity index (χ1) is 8.29. The molecule has 0 aromatic carbocycles. The molecule has 0 radical (unpaired) electrons. The number of aromatic amines is 1. The van der Waals surface area contributed by atoms with Crippen molar-refractivity contribution in [3.8, 4) is 11.3 Å². The topological polar surface area (TPSA) is 28.7 Å². The van der Waals surface area contributed by atoms with Crippen LogP contribution in [0.3, 0.4) is 0 Å². The number of nitrogens with zero attached hydrogens (tertiary/aromatic N) is 1. The molecule has 2 heterocycles. The highest BCUT2D eigenvalue weighted by Crippen LogP contribution is 2.28. The van der Waals surface area contributed by atoms with E-state index in [2.05, 4.69) is 49.1 Å². The van der Waals surface area contributed by atoms with Crippen molar-refractivity contribution in [3.63, 3.8) is 0 Å². The van der Waals surface area contributed by atoms with Gasteiger partial charge in [-0.15, -0.1) is 11.3 Å². The molecular formula is C14H18N2S2. The van der Waals surface area contributed by atoms with Crippen LogP contribution in [0.15, 0.2) is 11.4 Å². The summed E-state index contributed by atoms with van der Waals surface area (Å²) in [5.41, 5.74) is 3.33. The lowest BCUT2D eigenvalue weighted by molar-refractivity contribution is 0.544. The summed E-state index contributed by atoms with van der Waals surface area (Å²) < 4.78 is 0.692. The highest BCUT2D eigenvalue weighted by atomic mass is 32.1. The molecule has 0 aliphatic carbocycles. The molecule has 4 heteroatoms. The van der Waals surface area contributed by atoms with Crippen LogP contribution in [0.5, 0.6) is 0 Å². The third-order valence-corrected chi connectivity index (χ3v) is 4.14. The summed E-state index contributed by atoms with van der Waals surface area (Å²) in [7, 11) is 0. The Morgan fingerprint density at radius 1 is 1.28 bits per heavy atom. The van der Waals surface area contributed by atoms with Crippen molar-refractivity contribution in [2.75, 3.05) is 0 Å². The summed E-state index contributed by atoms with van der Waals surface area (Å²) in [6, 6.07) is 2.19. The lowest BCUT2D eigenvalue weighted by Crippen LogP contribution is -2.17. The average molecular weight is 278 g/mol. The predicted octanol–water partition coefficient (Wildman–Crippen LogP) is 4.78. The van der Waals surface area contributed by atoms with Crippen molar-refractivity contribution in [1.82, 2.24) is 9.97 Å². The first kappa shape index (κ1) is 13.4. The second-order valence-electron chi connectivity index (χ2n) is 5.59. The van der Waals surface area contributed by atoms with Crippen LogP contribution in [0.25, 0.3) is 11.3 Å². The molecule has 2 aromatic heterocycles. The maximum atomic E-state index is 5.38. The predicted molar refractivity (Wildman–Crippen MR) is 80.9 cm³/mol. The van der Waals surface area contributed by atoms with Crippen LogP contribution < -0.4 is 0 Å². The summed E-state index contributed by atoms with van der Waals surface area (Å²) in [4.78, 5) is 9.26. The van der Waals surface area contributed by atoms with Crippen LogP contribution in [0.2, 0.25) is 0 Å². The maximum Gasteiger partial charge on any atom is 0.133 e. The van der Waals surface area contributed by atoms with Crippen LogP contribution in [-0.4, -0.2) is 9.97 Å². The third kappa shape index (κ3) is 2.54. The van der Waals surface area contributed by atoms with E-state index < -0.39 is 0 Å². The van der Waals surface area contributed by atoms with Crippen molar-refractivity contribution >= 4 is 23.6 Å². The van der Waals surface area contributed by atoms with E-state index in [1.54, 1.807) is 11.3 Å². The summed E-state index contributed by atoms with van der Waals surface area (Å²) in [6.07, 6.45) is 0. The number of hydrogen-bond donors (Lipinski definition) is 1. The summed E-state index contributed by atoms with van der Waals surface area (Å²) >= 11 is 7.13. The van der Waals surface area contributed by atoms with Gasteiger partial charge < -0.3 is 4.98 Å². The molecule has 0 spiro atoms. The molecule has 0 aliphatic rings. The molecule has 0 saturated carbocycles. The van der Waals surface area contributed by atoms with Gasteiger partial charge in [-0.05, 0) is 19.9 Å². The zero-order valence-corrected chi connectivity index (χ0v) is 13.1. The van der Waals surface area contributed by atoms with E-state index in [1.807, 2.05) is 6.92 Å². The van der Waals surface area contributed by atoms with Crippen molar-refractivity contribution in [3.05, 3.63) is 32.4 Å². The van der Waals surface area contributed by atoms with E-state index in [1.165, 1.54) is 10.4 Å². The SMILES string of the molecule is Cc1cc(-c2[nH]c(C(C)(C)C)nc(=S)c2C)cs1. The average Bonchev–Trinajstić information content (AvgIpc) is 2.67. The second kappa shape index (κ2) is 4.59. The molecule has 1 N–H and O–H groups in total. The molecule has 2 nitrogen and oxygen atoms in total. The van der Waals surface area contributed by atoms with Gasteiger partial charge in [0, 0.05) is 26.8 Å². The van der Waals surface area contributed by atoms with Gasteiger partial charge in [-0.25, -0.2) is 4.98 Å². The zero-order chi connectivity index (χ0) is 13.5. The molecule has 2 rings (SSSR count). The van der Waals surface area contributed by atoms with Crippen LogP contribution in [0, 0.1) is 18.5 Å². The van der Waals surface area contributed by atoms with Crippen molar-refractivity contribution in [2.24, 2.45) is 0 Å². The molecule has 0 saturated heterocycles. The number of H-pyrrole nitrogens is 1. The van der Waals surface area contributed by atoms with E-state index in [0.717, 1.165) is 17.1 Å².